The number of fused-ring (bicyclic) bond motifs is 1. The van der Waals surface area contributed by atoms with Crippen LogP contribution < -0.4 is 4.90 Å². The lowest BCUT2D eigenvalue weighted by molar-refractivity contribution is 0.686. The zero-order chi connectivity index (χ0) is 16.4. The van der Waals surface area contributed by atoms with Gasteiger partial charge in [0.1, 0.15) is 12.1 Å². The number of aromatic nitrogens is 4. The largest absolute Gasteiger partial charge is 0.354 e. The van der Waals surface area contributed by atoms with Crippen LogP contribution >= 0.6 is 11.3 Å². The van der Waals surface area contributed by atoms with Gasteiger partial charge in [0.25, 0.3) is 0 Å². The van der Waals surface area contributed by atoms with Crippen LogP contribution in [0.3, 0.4) is 0 Å². The van der Waals surface area contributed by atoms with Crippen LogP contribution in [0, 0.1) is 0 Å². The first-order valence-electron chi connectivity index (χ1n) is 7.74. The van der Waals surface area contributed by atoms with Crippen molar-refractivity contribution in [3.05, 3.63) is 71.6 Å². The van der Waals surface area contributed by atoms with E-state index in [-0.39, 0.29) is 0 Å². The smallest absolute Gasteiger partial charge is 0.150 e. The molecule has 0 radical (unpaired) electrons. The first kappa shape index (κ1) is 14.8. The average molecular weight is 335 g/mol. The highest BCUT2D eigenvalue weighted by Gasteiger charge is 2.11. The highest BCUT2D eigenvalue weighted by molar-refractivity contribution is 7.17. The molecule has 3 heterocycles. The quantitative estimate of drug-likeness (QED) is 0.559. The molecule has 0 saturated carbocycles. The summed E-state index contributed by atoms with van der Waals surface area (Å²) in [4.78, 5) is 10.9. The van der Waals surface area contributed by atoms with Gasteiger partial charge in [-0.15, -0.1) is 11.3 Å². The molecule has 0 saturated heterocycles. The molecular formula is C18H17N5S. The fourth-order valence-corrected chi connectivity index (χ4v) is 3.63. The van der Waals surface area contributed by atoms with Gasteiger partial charge in [-0.2, -0.15) is 5.10 Å². The summed E-state index contributed by atoms with van der Waals surface area (Å²) in [6.07, 6.45) is 5.64. The Balaban J connectivity index is 1.50. The third-order valence-electron chi connectivity index (χ3n) is 3.88. The van der Waals surface area contributed by atoms with Crippen molar-refractivity contribution in [2.24, 2.45) is 0 Å². The van der Waals surface area contributed by atoms with E-state index in [4.69, 9.17) is 0 Å². The van der Waals surface area contributed by atoms with Crippen LogP contribution in [0.15, 0.2) is 60.5 Å². The topological polar surface area (TPSA) is 46.8 Å². The molecule has 0 aliphatic heterocycles. The number of hydrogen-bond donors (Lipinski definition) is 0. The van der Waals surface area contributed by atoms with Crippen LogP contribution in [0.2, 0.25) is 0 Å². The van der Waals surface area contributed by atoms with Crippen molar-refractivity contribution >= 4 is 27.4 Å². The minimum atomic E-state index is 0.763. The number of thiophene rings is 1. The Hall–Kier alpha value is -2.73. The summed E-state index contributed by atoms with van der Waals surface area (Å²) in [5, 5.41) is 6.52. The van der Waals surface area contributed by atoms with E-state index in [0.29, 0.717) is 0 Å². The van der Waals surface area contributed by atoms with Crippen molar-refractivity contribution in [2.75, 3.05) is 11.9 Å². The van der Waals surface area contributed by atoms with Crippen LogP contribution in [-0.4, -0.2) is 26.8 Å². The highest BCUT2D eigenvalue weighted by atomic mass is 32.1. The summed E-state index contributed by atoms with van der Waals surface area (Å²) in [5.41, 5.74) is 3.41. The van der Waals surface area contributed by atoms with Gasteiger partial charge in [0, 0.05) is 25.4 Å². The lowest BCUT2D eigenvalue weighted by Crippen LogP contribution is -2.17. The Labute approximate surface area is 144 Å². The molecule has 0 amide bonds. The first-order chi connectivity index (χ1) is 11.8. The molecule has 4 rings (SSSR count). The predicted octanol–water partition coefficient (Wildman–Crippen LogP) is 3.57. The molecule has 0 fully saturated rings. The molecule has 3 aromatic heterocycles. The molecule has 0 unspecified atom stereocenters. The normalized spacial score (nSPS) is 11.0. The second kappa shape index (κ2) is 6.41. The summed E-state index contributed by atoms with van der Waals surface area (Å²) >= 11 is 1.67. The van der Waals surface area contributed by atoms with Gasteiger partial charge in [-0.25, -0.2) is 9.97 Å². The van der Waals surface area contributed by atoms with Crippen LogP contribution in [0.1, 0.15) is 11.1 Å². The molecule has 6 heteroatoms. The fourth-order valence-electron chi connectivity index (χ4n) is 2.74. The molecule has 0 bridgehead atoms. The van der Waals surface area contributed by atoms with Crippen LogP contribution in [0.25, 0.3) is 10.2 Å². The van der Waals surface area contributed by atoms with E-state index in [0.717, 1.165) is 34.7 Å². The third kappa shape index (κ3) is 3.00. The average Bonchev–Trinajstić information content (AvgIpc) is 3.24. The lowest BCUT2D eigenvalue weighted by Gasteiger charge is -2.17. The third-order valence-corrected chi connectivity index (χ3v) is 4.78. The Morgan fingerprint density at radius 2 is 1.96 bits per heavy atom. The van der Waals surface area contributed by atoms with Crippen molar-refractivity contribution in [3.63, 3.8) is 0 Å². The van der Waals surface area contributed by atoms with E-state index in [1.54, 1.807) is 17.7 Å². The van der Waals surface area contributed by atoms with E-state index in [1.165, 1.54) is 5.56 Å². The molecule has 0 spiro atoms. The van der Waals surface area contributed by atoms with Gasteiger partial charge in [0.05, 0.1) is 23.0 Å². The van der Waals surface area contributed by atoms with E-state index in [9.17, 15) is 0 Å². The molecule has 0 N–H and O–H groups in total. The number of rotatable bonds is 5. The summed E-state index contributed by atoms with van der Waals surface area (Å²) in [7, 11) is 2.05. The van der Waals surface area contributed by atoms with Crippen molar-refractivity contribution < 1.29 is 0 Å². The SMILES string of the molecule is CN(Cc1cnn(Cc2ccccc2)c1)c1ncnc2ccsc12. The van der Waals surface area contributed by atoms with Gasteiger partial charge in [-0.1, -0.05) is 30.3 Å². The van der Waals surface area contributed by atoms with E-state index in [1.807, 2.05) is 23.0 Å². The monoisotopic (exact) mass is 335 g/mol. The Morgan fingerprint density at radius 1 is 1.08 bits per heavy atom. The van der Waals surface area contributed by atoms with Gasteiger partial charge in [0.15, 0.2) is 0 Å². The summed E-state index contributed by atoms with van der Waals surface area (Å²) in [6, 6.07) is 12.4. The fraction of sp³-hybridized carbons (Fsp3) is 0.167. The molecule has 0 aliphatic rings. The molecule has 4 aromatic rings. The van der Waals surface area contributed by atoms with Crippen LogP contribution in [0.4, 0.5) is 5.82 Å². The van der Waals surface area contributed by atoms with Crippen LogP contribution in [0.5, 0.6) is 0 Å². The van der Waals surface area contributed by atoms with E-state index in [2.05, 4.69) is 62.9 Å². The number of hydrogen-bond acceptors (Lipinski definition) is 5. The van der Waals surface area contributed by atoms with Gasteiger partial charge in [0.2, 0.25) is 0 Å². The second-order valence-corrected chi connectivity index (χ2v) is 6.64. The first-order valence-corrected chi connectivity index (χ1v) is 8.62. The van der Waals surface area contributed by atoms with Gasteiger partial charge < -0.3 is 4.90 Å². The van der Waals surface area contributed by atoms with Crippen molar-refractivity contribution in [3.8, 4) is 0 Å². The molecule has 5 nitrogen and oxygen atoms in total. The zero-order valence-electron chi connectivity index (χ0n) is 13.3. The van der Waals surface area contributed by atoms with Crippen LogP contribution in [-0.2, 0) is 13.1 Å². The number of benzene rings is 1. The maximum Gasteiger partial charge on any atom is 0.150 e. The minimum Gasteiger partial charge on any atom is -0.354 e. The molecule has 0 aliphatic carbocycles. The Morgan fingerprint density at radius 3 is 2.83 bits per heavy atom. The maximum absolute atomic E-state index is 4.47. The van der Waals surface area contributed by atoms with Gasteiger partial charge in [-0.3, -0.25) is 4.68 Å². The van der Waals surface area contributed by atoms with E-state index < -0.39 is 0 Å². The molecular weight excluding hydrogens is 318 g/mol. The van der Waals surface area contributed by atoms with E-state index >= 15 is 0 Å². The predicted molar refractivity (Wildman–Crippen MR) is 97.3 cm³/mol. The highest BCUT2D eigenvalue weighted by Crippen LogP contribution is 2.27. The molecule has 0 atom stereocenters. The molecule has 120 valence electrons. The standard InChI is InChI=1S/C18H17N5S/c1-22(18-17-16(7-8-24-17)19-13-20-18)10-15-9-21-23(12-15)11-14-5-3-2-4-6-14/h2-9,12-13H,10-11H2,1H3. The summed E-state index contributed by atoms with van der Waals surface area (Å²) in [6.45, 7) is 1.55. The number of nitrogens with zero attached hydrogens (tertiary/aromatic N) is 5. The van der Waals surface area contributed by atoms with Crippen molar-refractivity contribution in [2.45, 2.75) is 13.1 Å². The Bertz CT molecular complexity index is 944. The molecule has 1 aromatic carbocycles. The lowest BCUT2D eigenvalue weighted by atomic mass is 10.2. The Kier molecular flexibility index (Phi) is 3.96. The summed E-state index contributed by atoms with van der Waals surface area (Å²) in [5.74, 6) is 0.964. The van der Waals surface area contributed by atoms with Gasteiger partial charge in [-0.05, 0) is 17.0 Å². The van der Waals surface area contributed by atoms with Crippen molar-refractivity contribution in [1.29, 1.82) is 0 Å². The number of anilines is 1. The second-order valence-electron chi connectivity index (χ2n) is 5.72. The maximum atomic E-state index is 4.47. The summed E-state index contributed by atoms with van der Waals surface area (Å²) < 4.78 is 3.09. The van der Waals surface area contributed by atoms with Gasteiger partial charge >= 0.3 is 0 Å². The molecule has 24 heavy (non-hydrogen) atoms. The zero-order valence-corrected chi connectivity index (χ0v) is 14.1. The van der Waals surface area contributed by atoms with Crippen molar-refractivity contribution in [1.82, 2.24) is 19.7 Å². The minimum absolute atomic E-state index is 0.763.